The number of halogens is 1. The van der Waals surface area contributed by atoms with E-state index in [2.05, 4.69) is 21.2 Å². The Labute approximate surface area is 104 Å². The highest BCUT2D eigenvalue weighted by molar-refractivity contribution is 9.10. The summed E-state index contributed by atoms with van der Waals surface area (Å²) in [6.07, 6.45) is 0.568. The summed E-state index contributed by atoms with van der Waals surface area (Å²) in [6.45, 7) is 3.86. The normalized spacial score (nSPS) is 12.2. The molecule has 16 heavy (non-hydrogen) atoms. The second-order valence-electron chi connectivity index (χ2n) is 3.85. The summed E-state index contributed by atoms with van der Waals surface area (Å²) in [6, 6.07) is 5.59. The smallest absolute Gasteiger partial charge is 0.251 e. The monoisotopic (exact) mass is 285 g/mol. The Morgan fingerprint density at radius 2 is 2.25 bits per heavy atom. The molecule has 1 atom stereocenters. The minimum atomic E-state index is -0.0975. The molecule has 0 aromatic heterocycles. The lowest BCUT2D eigenvalue weighted by atomic mass is 10.1. The molecule has 2 N–H and O–H groups in total. The number of carbonyl (C=O) groups is 1. The van der Waals surface area contributed by atoms with Gasteiger partial charge in [-0.2, -0.15) is 0 Å². The number of rotatable bonds is 4. The van der Waals surface area contributed by atoms with E-state index in [0.29, 0.717) is 12.0 Å². The Hall–Kier alpha value is -0.870. The number of benzene rings is 1. The number of aliphatic hydroxyl groups is 1. The van der Waals surface area contributed by atoms with E-state index in [1.807, 2.05) is 26.0 Å². The third kappa shape index (κ3) is 3.61. The first-order chi connectivity index (χ1) is 7.54. The topological polar surface area (TPSA) is 49.3 Å². The lowest BCUT2D eigenvalue weighted by Gasteiger charge is -2.13. The molecule has 4 heteroatoms. The Bertz CT molecular complexity index is 379. The van der Waals surface area contributed by atoms with Gasteiger partial charge in [0.1, 0.15) is 0 Å². The number of aryl methyl sites for hydroxylation is 1. The van der Waals surface area contributed by atoms with Crippen molar-refractivity contribution in [2.24, 2.45) is 0 Å². The molecule has 1 aromatic carbocycles. The number of hydrogen-bond acceptors (Lipinski definition) is 2. The summed E-state index contributed by atoms with van der Waals surface area (Å²) >= 11 is 3.34. The third-order valence-electron chi connectivity index (χ3n) is 2.38. The Kier molecular flexibility index (Phi) is 4.96. The van der Waals surface area contributed by atoms with Gasteiger partial charge in [0.15, 0.2) is 0 Å². The Balaban J connectivity index is 2.76. The highest BCUT2D eigenvalue weighted by atomic mass is 79.9. The summed E-state index contributed by atoms with van der Waals surface area (Å²) in [5.74, 6) is -0.0975. The number of amides is 1. The van der Waals surface area contributed by atoms with E-state index in [1.54, 1.807) is 6.07 Å². The average Bonchev–Trinajstić information content (AvgIpc) is 2.21. The van der Waals surface area contributed by atoms with Crippen LogP contribution in [0, 0.1) is 6.92 Å². The SMILES string of the molecule is Cc1ccc(Br)cc1C(=O)NC(C)CCO. The van der Waals surface area contributed by atoms with Crippen LogP contribution in [-0.4, -0.2) is 23.7 Å². The van der Waals surface area contributed by atoms with Gasteiger partial charge in [-0.15, -0.1) is 0 Å². The van der Waals surface area contributed by atoms with Crippen LogP contribution in [0.15, 0.2) is 22.7 Å². The molecule has 1 rings (SSSR count). The van der Waals surface area contributed by atoms with Gasteiger partial charge in [-0.3, -0.25) is 4.79 Å². The van der Waals surface area contributed by atoms with Crippen molar-refractivity contribution in [1.82, 2.24) is 5.32 Å². The van der Waals surface area contributed by atoms with Crippen molar-refractivity contribution in [3.05, 3.63) is 33.8 Å². The fourth-order valence-corrected chi connectivity index (χ4v) is 1.77. The van der Waals surface area contributed by atoms with Crippen LogP contribution in [0.4, 0.5) is 0 Å². The van der Waals surface area contributed by atoms with Gasteiger partial charge in [-0.25, -0.2) is 0 Å². The van der Waals surface area contributed by atoms with Crippen LogP contribution in [0.1, 0.15) is 29.3 Å². The van der Waals surface area contributed by atoms with Crippen molar-refractivity contribution >= 4 is 21.8 Å². The predicted molar refractivity (Wildman–Crippen MR) is 67.5 cm³/mol. The van der Waals surface area contributed by atoms with Crippen LogP contribution >= 0.6 is 15.9 Å². The molecular formula is C12H16BrNO2. The van der Waals surface area contributed by atoms with E-state index in [9.17, 15) is 4.79 Å². The van der Waals surface area contributed by atoms with E-state index in [1.165, 1.54) is 0 Å². The highest BCUT2D eigenvalue weighted by Gasteiger charge is 2.11. The minimum absolute atomic E-state index is 0.0177. The molecule has 0 fully saturated rings. The number of aliphatic hydroxyl groups excluding tert-OH is 1. The first-order valence-corrected chi connectivity index (χ1v) is 6.01. The zero-order valence-electron chi connectivity index (χ0n) is 9.46. The summed E-state index contributed by atoms with van der Waals surface area (Å²) < 4.78 is 0.887. The summed E-state index contributed by atoms with van der Waals surface area (Å²) in [7, 11) is 0. The minimum Gasteiger partial charge on any atom is -0.396 e. The second-order valence-corrected chi connectivity index (χ2v) is 4.76. The maximum atomic E-state index is 11.9. The van der Waals surface area contributed by atoms with Crippen LogP contribution in [0.5, 0.6) is 0 Å². The summed E-state index contributed by atoms with van der Waals surface area (Å²) in [4.78, 5) is 11.9. The number of nitrogens with one attached hydrogen (secondary N) is 1. The molecule has 88 valence electrons. The Morgan fingerprint density at radius 3 is 2.88 bits per heavy atom. The molecule has 0 saturated heterocycles. The molecule has 0 aliphatic carbocycles. The molecule has 1 unspecified atom stereocenters. The Morgan fingerprint density at radius 1 is 1.56 bits per heavy atom. The first kappa shape index (κ1) is 13.2. The van der Waals surface area contributed by atoms with E-state index >= 15 is 0 Å². The quantitative estimate of drug-likeness (QED) is 0.892. The van der Waals surface area contributed by atoms with Crippen molar-refractivity contribution < 1.29 is 9.90 Å². The van der Waals surface area contributed by atoms with Gasteiger partial charge < -0.3 is 10.4 Å². The standard InChI is InChI=1S/C12H16BrNO2/c1-8-3-4-10(13)7-11(8)12(16)14-9(2)5-6-15/h3-4,7,9,15H,5-6H2,1-2H3,(H,14,16). The maximum absolute atomic E-state index is 11.9. The van der Waals surface area contributed by atoms with Crippen LogP contribution < -0.4 is 5.32 Å². The van der Waals surface area contributed by atoms with E-state index in [4.69, 9.17) is 5.11 Å². The molecule has 3 nitrogen and oxygen atoms in total. The van der Waals surface area contributed by atoms with Crippen LogP contribution in [0.3, 0.4) is 0 Å². The molecular weight excluding hydrogens is 270 g/mol. The maximum Gasteiger partial charge on any atom is 0.251 e. The summed E-state index contributed by atoms with van der Waals surface area (Å²) in [5, 5.41) is 11.6. The van der Waals surface area contributed by atoms with Gasteiger partial charge in [0.2, 0.25) is 0 Å². The average molecular weight is 286 g/mol. The van der Waals surface area contributed by atoms with Crippen LogP contribution in [-0.2, 0) is 0 Å². The van der Waals surface area contributed by atoms with Gasteiger partial charge in [-0.1, -0.05) is 22.0 Å². The van der Waals surface area contributed by atoms with Crippen molar-refractivity contribution in [3.8, 4) is 0 Å². The van der Waals surface area contributed by atoms with Gasteiger partial charge in [0.25, 0.3) is 5.91 Å². The zero-order valence-corrected chi connectivity index (χ0v) is 11.0. The third-order valence-corrected chi connectivity index (χ3v) is 2.88. The fraction of sp³-hybridized carbons (Fsp3) is 0.417. The lowest BCUT2D eigenvalue weighted by Crippen LogP contribution is -2.33. The van der Waals surface area contributed by atoms with Gasteiger partial charge in [-0.05, 0) is 38.0 Å². The zero-order chi connectivity index (χ0) is 12.1. The number of carbonyl (C=O) groups excluding carboxylic acids is 1. The molecule has 0 bridgehead atoms. The summed E-state index contributed by atoms with van der Waals surface area (Å²) in [5.41, 5.74) is 1.61. The number of hydrogen-bond donors (Lipinski definition) is 2. The van der Waals surface area contributed by atoms with Crippen molar-refractivity contribution in [2.45, 2.75) is 26.3 Å². The largest absolute Gasteiger partial charge is 0.396 e. The van der Waals surface area contributed by atoms with E-state index in [0.717, 1.165) is 10.0 Å². The first-order valence-electron chi connectivity index (χ1n) is 5.22. The van der Waals surface area contributed by atoms with Gasteiger partial charge >= 0.3 is 0 Å². The lowest BCUT2D eigenvalue weighted by molar-refractivity contribution is 0.0933. The molecule has 0 spiro atoms. The molecule has 0 radical (unpaired) electrons. The molecule has 0 heterocycles. The van der Waals surface area contributed by atoms with Crippen LogP contribution in [0.2, 0.25) is 0 Å². The molecule has 0 aliphatic heterocycles. The highest BCUT2D eigenvalue weighted by Crippen LogP contribution is 2.16. The molecule has 1 aromatic rings. The van der Waals surface area contributed by atoms with Gasteiger partial charge in [0.05, 0.1) is 0 Å². The fourth-order valence-electron chi connectivity index (χ4n) is 1.41. The molecule has 1 amide bonds. The second kappa shape index (κ2) is 6.01. The van der Waals surface area contributed by atoms with E-state index in [-0.39, 0.29) is 18.6 Å². The van der Waals surface area contributed by atoms with Gasteiger partial charge in [0, 0.05) is 22.7 Å². The molecule has 0 saturated carbocycles. The predicted octanol–water partition coefficient (Wildman–Crippen LogP) is 2.26. The van der Waals surface area contributed by atoms with Crippen molar-refractivity contribution in [3.63, 3.8) is 0 Å². The molecule has 0 aliphatic rings. The van der Waals surface area contributed by atoms with E-state index < -0.39 is 0 Å². The van der Waals surface area contributed by atoms with Crippen LogP contribution in [0.25, 0.3) is 0 Å². The van der Waals surface area contributed by atoms with Crippen molar-refractivity contribution in [1.29, 1.82) is 0 Å². The van der Waals surface area contributed by atoms with Crippen molar-refractivity contribution in [2.75, 3.05) is 6.61 Å².